The topological polar surface area (TPSA) is 89.9 Å². The van der Waals surface area contributed by atoms with E-state index in [2.05, 4.69) is 66.5 Å². The molecule has 2 atom stereocenters. The van der Waals surface area contributed by atoms with E-state index in [-0.39, 0.29) is 5.54 Å². The summed E-state index contributed by atoms with van der Waals surface area (Å²) in [7, 11) is 0. The predicted molar refractivity (Wildman–Crippen MR) is 125 cm³/mol. The molecule has 0 spiro atoms. The Bertz CT molecular complexity index is 975. The molecule has 0 aromatic heterocycles. The van der Waals surface area contributed by atoms with E-state index in [1.165, 1.54) is 16.7 Å². The van der Waals surface area contributed by atoms with Crippen LogP contribution in [0.15, 0.2) is 60.7 Å². The minimum absolute atomic E-state index is 0.168. The molecule has 0 radical (unpaired) electrons. The van der Waals surface area contributed by atoms with Gasteiger partial charge in [-0.25, -0.2) is 9.59 Å². The number of fused-ring (bicyclic) bond motifs is 1. The summed E-state index contributed by atoms with van der Waals surface area (Å²) in [4.78, 5) is 21.8. The Morgan fingerprint density at radius 2 is 1.72 bits per heavy atom. The number of nitrogens with zero attached hydrogens (tertiary/aromatic N) is 1. The third kappa shape index (κ3) is 6.19. The summed E-state index contributed by atoms with van der Waals surface area (Å²) in [5.41, 5.74) is 4.46. The molecule has 1 aliphatic carbocycles. The Morgan fingerprint density at radius 1 is 1.06 bits per heavy atom. The molecule has 0 amide bonds. The number of carboxylic acid groups (broad SMARTS) is 2. The first-order chi connectivity index (χ1) is 15.2. The first-order valence-corrected chi connectivity index (χ1v) is 11.0. The average molecular weight is 457 g/mol. The number of carbonyl (C=O) groups is 2. The van der Waals surface area contributed by atoms with Crippen LogP contribution in [0.2, 0.25) is 5.02 Å². The van der Waals surface area contributed by atoms with Crippen molar-refractivity contribution in [3.63, 3.8) is 0 Å². The maximum Gasteiger partial charge on any atom is 0.328 e. The largest absolute Gasteiger partial charge is 0.478 e. The van der Waals surface area contributed by atoms with Crippen LogP contribution in [0, 0.1) is 0 Å². The van der Waals surface area contributed by atoms with E-state index >= 15 is 0 Å². The van der Waals surface area contributed by atoms with E-state index < -0.39 is 11.9 Å². The highest BCUT2D eigenvalue weighted by Crippen LogP contribution is 2.47. The summed E-state index contributed by atoms with van der Waals surface area (Å²) in [6, 6.07) is 17.8. The number of hydrogen-bond acceptors (Lipinski definition) is 4. The first kappa shape index (κ1) is 24.0. The van der Waals surface area contributed by atoms with Gasteiger partial charge in [-0.1, -0.05) is 48.0 Å². The molecule has 1 aliphatic heterocycles. The molecule has 1 saturated heterocycles. The van der Waals surface area contributed by atoms with Gasteiger partial charge >= 0.3 is 11.9 Å². The van der Waals surface area contributed by atoms with E-state index in [9.17, 15) is 9.59 Å². The van der Waals surface area contributed by atoms with Gasteiger partial charge in [0.15, 0.2) is 0 Å². The average Bonchev–Trinajstić information content (AvgIpc) is 3.11. The van der Waals surface area contributed by atoms with Crippen molar-refractivity contribution in [1.29, 1.82) is 0 Å². The standard InChI is InChI=1S/C21H25ClN2.C4H4O4/c1-21(2)14-24(11-10-23-21)20-13-18(15-6-4-3-5-7-15)17-9-8-16(22)12-19(17)20;5-3(6)1-2-4(7)8/h3-9,12,18,20,23H,10-11,13-14H2,1-2H3;1-2H,(H,5,6)(H,7,8)/b;2-1+/t18-,20+;/m0./s1. The Kier molecular flexibility index (Phi) is 7.72. The summed E-state index contributed by atoms with van der Waals surface area (Å²) in [5.74, 6) is -2.04. The molecule has 2 aromatic carbocycles. The molecule has 0 bridgehead atoms. The molecule has 6 nitrogen and oxygen atoms in total. The monoisotopic (exact) mass is 456 g/mol. The zero-order chi connectivity index (χ0) is 23.3. The molecule has 1 fully saturated rings. The molecule has 0 unspecified atom stereocenters. The molecule has 4 rings (SSSR count). The van der Waals surface area contributed by atoms with Gasteiger partial charge in [0.1, 0.15) is 0 Å². The van der Waals surface area contributed by atoms with Crippen LogP contribution in [0.4, 0.5) is 0 Å². The van der Waals surface area contributed by atoms with Gasteiger partial charge in [-0.3, -0.25) is 4.90 Å². The van der Waals surface area contributed by atoms with Crippen LogP contribution in [-0.2, 0) is 9.59 Å². The summed E-state index contributed by atoms with van der Waals surface area (Å²) in [6.45, 7) is 7.81. The lowest BCUT2D eigenvalue weighted by atomic mass is 9.93. The Balaban J connectivity index is 0.000000312. The molecule has 1 heterocycles. The van der Waals surface area contributed by atoms with Crippen LogP contribution in [0.25, 0.3) is 0 Å². The fourth-order valence-corrected chi connectivity index (χ4v) is 4.75. The van der Waals surface area contributed by atoms with Crippen LogP contribution < -0.4 is 5.32 Å². The lowest BCUT2D eigenvalue weighted by Crippen LogP contribution is -2.57. The molecular weight excluding hydrogens is 428 g/mol. The van der Waals surface area contributed by atoms with Gasteiger partial charge in [0, 0.05) is 54.3 Å². The maximum absolute atomic E-state index is 9.55. The summed E-state index contributed by atoms with van der Waals surface area (Å²) in [5, 5.41) is 20.1. The third-order valence-electron chi connectivity index (χ3n) is 5.85. The van der Waals surface area contributed by atoms with Gasteiger partial charge in [0.25, 0.3) is 0 Å². The minimum atomic E-state index is -1.26. The number of piperazine rings is 1. The predicted octanol–water partition coefficient (Wildman–Crippen LogP) is 4.31. The molecular formula is C25H29ClN2O4. The van der Waals surface area contributed by atoms with E-state index in [0.717, 1.165) is 31.1 Å². The fourth-order valence-electron chi connectivity index (χ4n) is 4.56. The SMILES string of the molecule is CC1(C)CN([C@@H]2C[C@@H](c3ccccc3)c3ccc(Cl)cc32)CCN1.O=C(O)/C=C/C(=O)O. The number of nitrogens with one attached hydrogen (secondary N) is 1. The van der Waals surface area contributed by atoms with Crippen LogP contribution in [-0.4, -0.2) is 52.2 Å². The second kappa shape index (κ2) is 10.3. The van der Waals surface area contributed by atoms with Crippen LogP contribution in [0.5, 0.6) is 0 Å². The van der Waals surface area contributed by atoms with Gasteiger partial charge in [-0.15, -0.1) is 0 Å². The lowest BCUT2D eigenvalue weighted by molar-refractivity contribution is -0.134. The molecule has 2 aliphatic rings. The van der Waals surface area contributed by atoms with Crippen LogP contribution >= 0.6 is 11.6 Å². The van der Waals surface area contributed by atoms with Crippen molar-refractivity contribution in [3.05, 3.63) is 82.4 Å². The molecule has 7 heteroatoms. The van der Waals surface area contributed by atoms with E-state index in [0.29, 0.717) is 24.1 Å². The Labute approximate surface area is 193 Å². The van der Waals surface area contributed by atoms with Gasteiger partial charge in [-0.05, 0) is 49.1 Å². The zero-order valence-electron chi connectivity index (χ0n) is 18.3. The lowest BCUT2D eigenvalue weighted by Gasteiger charge is -2.42. The second-order valence-corrected chi connectivity index (χ2v) is 9.22. The normalized spacial score (nSPS) is 22.1. The van der Waals surface area contributed by atoms with Gasteiger partial charge in [-0.2, -0.15) is 0 Å². The number of hydrogen-bond donors (Lipinski definition) is 3. The van der Waals surface area contributed by atoms with Crippen LogP contribution in [0.1, 0.15) is 48.9 Å². The Morgan fingerprint density at radius 3 is 2.31 bits per heavy atom. The first-order valence-electron chi connectivity index (χ1n) is 10.6. The van der Waals surface area contributed by atoms with Crippen molar-refractivity contribution >= 4 is 23.5 Å². The molecule has 3 N–H and O–H groups in total. The number of halogens is 1. The molecule has 2 aromatic rings. The number of rotatable bonds is 4. The van der Waals surface area contributed by atoms with Crippen molar-refractivity contribution < 1.29 is 19.8 Å². The molecule has 0 saturated carbocycles. The molecule has 32 heavy (non-hydrogen) atoms. The summed E-state index contributed by atoms with van der Waals surface area (Å²) < 4.78 is 0. The fraction of sp³-hybridized carbons (Fsp3) is 0.360. The van der Waals surface area contributed by atoms with Gasteiger partial charge in [0.05, 0.1) is 0 Å². The summed E-state index contributed by atoms with van der Waals surface area (Å²) in [6.07, 6.45) is 2.26. The van der Waals surface area contributed by atoms with Crippen LogP contribution in [0.3, 0.4) is 0 Å². The maximum atomic E-state index is 9.55. The number of benzene rings is 2. The highest BCUT2D eigenvalue weighted by molar-refractivity contribution is 6.30. The Hall–Kier alpha value is -2.67. The van der Waals surface area contributed by atoms with E-state index in [1.54, 1.807) is 0 Å². The van der Waals surface area contributed by atoms with E-state index in [1.807, 2.05) is 6.07 Å². The third-order valence-corrected chi connectivity index (χ3v) is 6.09. The van der Waals surface area contributed by atoms with Gasteiger partial charge in [0.2, 0.25) is 0 Å². The van der Waals surface area contributed by atoms with Crippen molar-refractivity contribution in [1.82, 2.24) is 10.2 Å². The van der Waals surface area contributed by atoms with Crippen molar-refractivity contribution in [2.75, 3.05) is 19.6 Å². The molecule has 170 valence electrons. The van der Waals surface area contributed by atoms with Gasteiger partial charge < -0.3 is 15.5 Å². The second-order valence-electron chi connectivity index (χ2n) is 8.78. The smallest absolute Gasteiger partial charge is 0.328 e. The zero-order valence-corrected chi connectivity index (χ0v) is 19.0. The number of aliphatic carboxylic acids is 2. The quantitative estimate of drug-likeness (QED) is 0.594. The van der Waals surface area contributed by atoms with Crippen molar-refractivity contribution in [3.8, 4) is 0 Å². The van der Waals surface area contributed by atoms with Crippen molar-refractivity contribution in [2.24, 2.45) is 0 Å². The van der Waals surface area contributed by atoms with Crippen molar-refractivity contribution in [2.45, 2.75) is 37.8 Å². The summed E-state index contributed by atoms with van der Waals surface area (Å²) >= 11 is 6.35. The highest BCUT2D eigenvalue weighted by atomic mass is 35.5. The van der Waals surface area contributed by atoms with E-state index in [4.69, 9.17) is 21.8 Å². The minimum Gasteiger partial charge on any atom is -0.478 e. The highest BCUT2D eigenvalue weighted by Gasteiger charge is 2.38. The number of carboxylic acids is 2.